The third-order valence-corrected chi connectivity index (χ3v) is 2.12. The Labute approximate surface area is 78.2 Å². The molecule has 0 spiro atoms. The van der Waals surface area contributed by atoms with E-state index in [4.69, 9.17) is 5.11 Å². The number of aliphatic hydroxyl groups excluding tert-OH is 1. The number of hydrogen-bond donors (Lipinski definition) is 1. The summed E-state index contributed by atoms with van der Waals surface area (Å²) < 4.78 is 13.1. The number of benzene rings is 1. The quantitative estimate of drug-likeness (QED) is 0.757. The second-order valence-corrected chi connectivity index (χ2v) is 3.11. The van der Waals surface area contributed by atoms with Crippen LogP contribution in [0.15, 0.2) is 18.2 Å². The Hall–Kier alpha value is -0.890. The molecule has 1 nitrogen and oxygen atoms in total. The lowest BCUT2D eigenvalue weighted by Gasteiger charge is -2.04. The molecule has 0 atom stereocenters. The van der Waals surface area contributed by atoms with Crippen LogP contribution in [0, 0.1) is 5.82 Å². The van der Waals surface area contributed by atoms with E-state index in [1.54, 1.807) is 6.07 Å². The highest BCUT2D eigenvalue weighted by Gasteiger charge is 2.01. The van der Waals surface area contributed by atoms with Gasteiger partial charge in [-0.15, -0.1) is 0 Å². The van der Waals surface area contributed by atoms with Gasteiger partial charge in [-0.1, -0.05) is 19.1 Å². The summed E-state index contributed by atoms with van der Waals surface area (Å²) >= 11 is 0. The van der Waals surface area contributed by atoms with Crippen LogP contribution in [0.5, 0.6) is 0 Å². The number of halogens is 1. The molecular weight excluding hydrogens is 167 g/mol. The summed E-state index contributed by atoms with van der Waals surface area (Å²) in [4.78, 5) is 0. The SMILES string of the molecule is CCc1ccc(F)c(CCCO)c1. The van der Waals surface area contributed by atoms with E-state index in [1.807, 2.05) is 13.0 Å². The van der Waals surface area contributed by atoms with E-state index in [0.29, 0.717) is 18.4 Å². The van der Waals surface area contributed by atoms with Gasteiger partial charge in [-0.05, 0) is 36.5 Å². The maximum Gasteiger partial charge on any atom is 0.126 e. The zero-order valence-electron chi connectivity index (χ0n) is 7.89. The van der Waals surface area contributed by atoms with Gasteiger partial charge < -0.3 is 5.11 Å². The Morgan fingerprint density at radius 2 is 2.15 bits per heavy atom. The first-order chi connectivity index (χ1) is 6.27. The van der Waals surface area contributed by atoms with Crippen molar-refractivity contribution >= 4 is 0 Å². The second-order valence-electron chi connectivity index (χ2n) is 3.11. The van der Waals surface area contributed by atoms with Gasteiger partial charge in [0.2, 0.25) is 0 Å². The van der Waals surface area contributed by atoms with Gasteiger partial charge in [-0.3, -0.25) is 0 Å². The van der Waals surface area contributed by atoms with E-state index < -0.39 is 0 Å². The molecule has 0 aromatic heterocycles. The van der Waals surface area contributed by atoms with E-state index in [2.05, 4.69) is 0 Å². The number of rotatable bonds is 4. The highest BCUT2D eigenvalue weighted by atomic mass is 19.1. The summed E-state index contributed by atoms with van der Waals surface area (Å²) in [6.07, 6.45) is 2.17. The van der Waals surface area contributed by atoms with Crippen LogP contribution in [0.25, 0.3) is 0 Å². The van der Waals surface area contributed by atoms with Gasteiger partial charge in [0.15, 0.2) is 0 Å². The van der Waals surface area contributed by atoms with Crippen molar-refractivity contribution in [2.24, 2.45) is 0 Å². The van der Waals surface area contributed by atoms with Crippen LogP contribution in [0.2, 0.25) is 0 Å². The Kier molecular flexibility index (Phi) is 3.90. The Bertz CT molecular complexity index is 271. The van der Waals surface area contributed by atoms with Crippen molar-refractivity contribution in [1.82, 2.24) is 0 Å². The first kappa shape index (κ1) is 10.2. The molecule has 2 heteroatoms. The maximum absolute atomic E-state index is 13.1. The van der Waals surface area contributed by atoms with Crippen molar-refractivity contribution in [3.63, 3.8) is 0 Å². The van der Waals surface area contributed by atoms with Crippen LogP contribution in [0.1, 0.15) is 24.5 Å². The van der Waals surface area contributed by atoms with Gasteiger partial charge in [0.1, 0.15) is 5.82 Å². The van der Waals surface area contributed by atoms with Gasteiger partial charge in [0.05, 0.1) is 0 Å². The van der Waals surface area contributed by atoms with Crippen molar-refractivity contribution < 1.29 is 9.50 Å². The van der Waals surface area contributed by atoms with Crippen molar-refractivity contribution in [3.05, 3.63) is 35.1 Å². The van der Waals surface area contributed by atoms with Crippen LogP contribution in [0.4, 0.5) is 4.39 Å². The molecule has 0 heterocycles. The van der Waals surface area contributed by atoms with Crippen molar-refractivity contribution in [2.75, 3.05) is 6.61 Å². The minimum absolute atomic E-state index is 0.121. The summed E-state index contributed by atoms with van der Waals surface area (Å²) in [5.41, 5.74) is 1.86. The molecule has 0 fully saturated rings. The van der Waals surface area contributed by atoms with Crippen LogP contribution < -0.4 is 0 Å². The molecule has 1 aromatic carbocycles. The number of aryl methyl sites for hydroxylation is 2. The first-order valence-electron chi connectivity index (χ1n) is 4.66. The lowest BCUT2D eigenvalue weighted by molar-refractivity contribution is 0.288. The minimum Gasteiger partial charge on any atom is -0.396 e. The zero-order valence-corrected chi connectivity index (χ0v) is 7.89. The molecule has 0 radical (unpaired) electrons. The topological polar surface area (TPSA) is 20.2 Å². The molecule has 0 amide bonds. The Morgan fingerprint density at radius 1 is 1.38 bits per heavy atom. The lowest BCUT2D eigenvalue weighted by Crippen LogP contribution is -1.95. The highest BCUT2D eigenvalue weighted by Crippen LogP contribution is 2.12. The molecule has 1 aromatic rings. The third kappa shape index (κ3) is 2.81. The van der Waals surface area contributed by atoms with Crippen molar-refractivity contribution in [3.8, 4) is 0 Å². The Balaban J connectivity index is 2.78. The van der Waals surface area contributed by atoms with E-state index >= 15 is 0 Å². The first-order valence-corrected chi connectivity index (χ1v) is 4.66. The zero-order chi connectivity index (χ0) is 9.68. The standard InChI is InChI=1S/C11H15FO/c1-2-9-5-6-11(12)10(8-9)4-3-7-13/h5-6,8,13H,2-4,7H2,1H3. The van der Waals surface area contributed by atoms with Gasteiger partial charge in [-0.25, -0.2) is 4.39 Å². The molecule has 72 valence electrons. The molecule has 0 saturated heterocycles. The largest absolute Gasteiger partial charge is 0.396 e. The summed E-state index contributed by atoms with van der Waals surface area (Å²) in [5.74, 6) is -0.161. The molecule has 1 rings (SSSR count). The molecule has 0 aliphatic rings. The van der Waals surface area contributed by atoms with Gasteiger partial charge in [0, 0.05) is 6.61 Å². The molecule has 0 aliphatic carbocycles. The molecule has 13 heavy (non-hydrogen) atoms. The lowest BCUT2D eigenvalue weighted by atomic mass is 10.0. The monoisotopic (exact) mass is 182 g/mol. The smallest absolute Gasteiger partial charge is 0.126 e. The molecule has 0 saturated carbocycles. The molecule has 0 bridgehead atoms. The fraction of sp³-hybridized carbons (Fsp3) is 0.455. The average molecular weight is 182 g/mol. The van der Waals surface area contributed by atoms with Crippen LogP contribution in [-0.4, -0.2) is 11.7 Å². The van der Waals surface area contributed by atoms with Gasteiger partial charge in [0.25, 0.3) is 0 Å². The summed E-state index contributed by atoms with van der Waals surface area (Å²) in [6.45, 7) is 2.17. The molecule has 0 unspecified atom stereocenters. The average Bonchev–Trinajstić information content (AvgIpc) is 2.17. The molecule has 0 aliphatic heterocycles. The van der Waals surface area contributed by atoms with Crippen LogP contribution in [0.3, 0.4) is 0 Å². The van der Waals surface area contributed by atoms with E-state index in [1.165, 1.54) is 6.07 Å². The summed E-state index contributed by atoms with van der Waals surface area (Å²) in [7, 11) is 0. The van der Waals surface area contributed by atoms with Crippen molar-refractivity contribution in [2.45, 2.75) is 26.2 Å². The second kappa shape index (κ2) is 4.97. The van der Waals surface area contributed by atoms with E-state index in [-0.39, 0.29) is 12.4 Å². The summed E-state index contributed by atoms with van der Waals surface area (Å²) in [5, 5.41) is 8.62. The maximum atomic E-state index is 13.1. The number of aliphatic hydroxyl groups is 1. The van der Waals surface area contributed by atoms with Crippen LogP contribution in [-0.2, 0) is 12.8 Å². The Morgan fingerprint density at radius 3 is 2.77 bits per heavy atom. The van der Waals surface area contributed by atoms with Gasteiger partial charge in [-0.2, -0.15) is 0 Å². The fourth-order valence-electron chi connectivity index (χ4n) is 1.31. The summed E-state index contributed by atoms with van der Waals surface area (Å²) in [6, 6.07) is 5.19. The molecular formula is C11H15FO. The minimum atomic E-state index is -0.161. The van der Waals surface area contributed by atoms with E-state index in [0.717, 1.165) is 12.0 Å². The molecule has 1 N–H and O–H groups in total. The fourth-order valence-corrected chi connectivity index (χ4v) is 1.31. The van der Waals surface area contributed by atoms with E-state index in [9.17, 15) is 4.39 Å². The van der Waals surface area contributed by atoms with Gasteiger partial charge >= 0.3 is 0 Å². The van der Waals surface area contributed by atoms with Crippen molar-refractivity contribution in [1.29, 1.82) is 0 Å². The highest BCUT2D eigenvalue weighted by molar-refractivity contribution is 5.25. The third-order valence-electron chi connectivity index (χ3n) is 2.12. The normalized spacial score (nSPS) is 10.4. The predicted octanol–water partition coefficient (Wildman–Crippen LogP) is 2.31. The predicted molar refractivity (Wildman–Crippen MR) is 51.2 cm³/mol. The van der Waals surface area contributed by atoms with Crippen LogP contribution >= 0.6 is 0 Å². The number of hydrogen-bond acceptors (Lipinski definition) is 1.